The van der Waals surface area contributed by atoms with Crippen LogP contribution in [0.15, 0.2) is 11.6 Å². The van der Waals surface area contributed by atoms with Crippen LogP contribution < -0.4 is 0 Å². The van der Waals surface area contributed by atoms with Gasteiger partial charge >= 0.3 is 0 Å². The lowest BCUT2D eigenvalue weighted by Gasteiger charge is -2.70. The standard InChI is InChI=1S/C30H46O3/c1-25(2)16-20-19-8-9-22-27(4)12-11-23(32)28(5,18-31)21(27)10-13-30(22,7)29(19,6)15-14-26(20,3)24(33)17-25/h8,20-22,31H,9-18H2,1-7H3/t20-,21-,22-,26-,27+,28+,29-,30-/m1/s1. The molecule has 5 aliphatic carbocycles. The van der Waals surface area contributed by atoms with Crippen molar-refractivity contribution >= 4 is 11.6 Å². The molecule has 0 radical (unpaired) electrons. The zero-order valence-corrected chi connectivity index (χ0v) is 22.1. The van der Waals surface area contributed by atoms with Crippen LogP contribution in [0.25, 0.3) is 0 Å². The van der Waals surface area contributed by atoms with Gasteiger partial charge in [0.05, 0.1) is 12.0 Å². The molecule has 5 aliphatic rings. The van der Waals surface area contributed by atoms with E-state index in [4.69, 9.17) is 0 Å². The highest BCUT2D eigenvalue weighted by Crippen LogP contribution is 2.75. The van der Waals surface area contributed by atoms with Crippen molar-refractivity contribution < 1.29 is 14.7 Å². The normalized spacial score (nSPS) is 53.3. The van der Waals surface area contributed by atoms with Gasteiger partial charge in [0.15, 0.2) is 0 Å². The van der Waals surface area contributed by atoms with Gasteiger partial charge in [-0.3, -0.25) is 9.59 Å². The van der Waals surface area contributed by atoms with Crippen LogP contribution in [0.3, 0.4) is 0 Å². The number of carbonyl (C=O) groups is 2. The Hall–Kier alpha value is -0.960. The minimum Gasteiger partial charge on any atom is -0.395 e. The van der Waals surface area contributed by atoms with Crippen molar-refractivity contribution in [3.8, 4) is 0 Å². The Labute approximate surface area is 201 Å². The maximum Gasteiger partial charge on any atom is 0.141 e. The van der Waals surface area contributed by atoms with Gasteiger partial charge in [0.2, 0.25) is 0 Å². The Morgan fingerprint density at radius 3 is 2.27 bits per heavy atom. The van der Waals surface area contributed by atoms with Crippen molar-refractivity contribution in [2.75, 3.05) is 6.61 Å². The highest BCUT2D eigenvalue weighted by atomic mass is 16.3. The van der Waals surface area contributed by atoms with Gasteiger partial charge in [0.25, 0.3) is 0 Å². The third-order valence-electron chi connectivity index (χ3n) is 12.7. The lowest BCUT2D eigenvalue weighted by atomic mass is 9.33. The maximum absolute atomic E-state index is 13.4. The van der Waals surface area contributed by atoms with Crippen LogP contribution in [-0.2, 0) is 9.59 Å². The summed E-state index contributed by atoms with van der Waals surface area (Å²) in [7, 11) is 0. The van der Waals surface area contributed by atoms with Crippen molar-refractivity contribution in [2.24, 2.45) is 50.2 Å². The summed E-state index contributed by atoms with van der Waals surface area (Å²) in [6.45, 7) is 16.4. The second-order valence-electron chi connectivity index (χ2n) is 14.7. The summed E-state index contributed by atoms with van der Waals surface area (Å²) in [6, 6.07) is 0. The molecule has 0 saturated heterocycles. The quantitative estimate of drug-likeness (QED) is 0.458. The first-order chi connectivity index (χ1) is 15.2. The summed E-state index contributed by atoms with van der Waals surface area (Å²) < 4.78 is 0. The molecule has 4 saturated carbocycles. The van der Waals surface area contributed by atoms with Gasteiger partial charge in [0, 0.05) is 18.3 Å². The van der Waals surface area contributed by atoms with E-state index in [1.165, 1.54) is 0 Å². The van der Waals surface area contributed by atoms with E-state index in [0.717, 1.165) is 51.4 Å². The van der Waals surface area contributed by atoms with Crippen LogP contribution in [0.1, 0.15) is 106 Å². The second kappa shape index (κ2) is 6.83. The van der Waals surface area contributed by atoms with Crippen LogP contribution in [0.2, 0.25) is 0 Å². The van der Waals surface area contributed by atoms with Crippen LogP contribution in [0, 0.1) is 50.2 Å². The van der Waals surface area contributed by atoms with Gasteiger partial charge in [-0.1, -0.05) is 60.1 Å². The summed E-state index contributed by atoms with van der Waals surface area (Å²) in [6.07, 6.45) is 11.3. The van der Waals surface area contributed by atoms with E-state index < -0.39 is 5.41 Å². The molecule has 1 N–H and O–H groups in total. The number of hydrogen-bond acceptors (Lipinski definition) is 3. The molecule has 0 amide bonds. The zero-order valence-electron chi connectivity index (χ0n) is 22.1. The number of rotatable bonds is 1. The van der Waals surface area contributed by atoms with E-state index in [1.54, 1.807) is 5.57 Å². The van der Waals surface area contributed by atoms with Crippen molar-refractivity contribution in [3.05, 3.63) is 11.6 Å². The fraction of sp³-hybridized carbons (Fsp3) is 0.867. The number of fused-ring (bicyclic) bond motifs is 7. The van der Waals surface area contributed by atoms with E-state index >= 15 is 0 Å². The Morgan fingerprint density at radius 2 is 1.61 bits per heavy atom. The van der Waals surface area contributed by atoms with E-state index in [9.17, 15) is 14.7 Å². The smallest absolute Gasteiger partial charge is 0.141 e. The highest BCUT2D eigenvalue weighted by molar-refractivity contribution is 5.87. The Kier molecular flexibility index (Phi) is 4.92. The molecule has 0 heterocycles. The van der Waals surface area contributed by atoms with Crippen molar-refractivity contribution in [2.45, 2.75) is 106 Å². The van der Waals surface area contributed by atoms with E-state index in [-0.39, 0.29) is 45.4 Å². The predicted molar refractivity (Wildman–Crippen MR) is 132 cm³/mol. The molecule has 184 valence electrons. The molecule has 8 atom stereocenters. The lowest BCUT2D eigenvalue weighted by molar-refractivity contribution is -0.191. The first-order valence-electron chi connectivity index (χ1n) is 13.6. The molecule has 0 aliphatic heterocycles. The average molecular weight is 455 g/mol. The summed E-state index contributed by atoms with van der Waals surface area (Å²) in [5, 5.41) is 10.3. The summed E-state index contributed by atoms with van der Waals surface area (Å²) >= 11 is 0. The lowest BCUT2D eigenvalue weighted by Crippen LogP contribution is -2.65. The molecule has 0 spiro atoms. The topological polar surface area (TPSA) is 54.4 Å². The average Bonchev–Trinajstić information content (AvgIpc) is 2.73. The molecule has 0 aromatic carbocycles. The Balaban J connectivity index is 1.60. The first kappa shape index (κ1) is 23.8. The second-order valence-corrected chi connectivity index (χ2v) is 14.7. The van der Waals surface area contributed by atoms with Gasteiger partial charge < -0.3 is 5.11 Å². The SMILES string of the molecule is CC1(C)CC(=O)[C@]2(C)CC[C@]3(C)C(=CC[C@@H]4[C@@]5(C)CCC(=O)[C@@](C)(CO)[C@@H]5CC[C@]43C)[C@H]2C1. The molecule has 33 heavy (non-hydrogen) atoms. The minimum absolute atomic E-state index is 0.0223. The van der Waals surface area contributed by atoms with Crippen LogP contribution in [0.5, 0.6) is 0 Å². The number of hydrogen-bond donors (Lipinski definition) is 1. The minimum atomic E-state index is -0.593. The molecule has 3 nitrogen and oxygen atoms in total. The van der Waals surface area contributed by atoms with Crippen LogP contribution >= 0.6 is 0 Å². The van der Waals surface area contributed by atoms with Gasteiger partial charge in [-0.25, -0.2) is 0 Å². The summed E-state index contributed by atoms with van der Waals surface area (Å²) in [5.74, 6) is 1.90. The number of Topliss-reactive ketones (excluding diaryl/α,β-unsaturated/α-hetero) is 2. The number of allylic oxidation sites excluding steroid dienone is 2. The Morgan fingerprint density at radius 1 is 0.909 bits per heavy atom. The monoisotopic (exact) mass is 454 g/mol. The number of ketones is 2. The molecule has 0 bridgehead atoms. The molecule has 3 heteroatoms. The Bertz CT molecular complexity index is 931. The van der Waals surface area contributed by atoms with Crippen molar-refractivity contribution in [1.82, 2.24) is 0 Å². The largest absolute Gasteiger partial charge is 0.395 e. The number of carbonyl (C=O) groups excluding carboxylic acids is 2. The number of aliphatic hydroxyl groups is 1. The van der Waals surface area contributed by atoms with E-state index in [0.29, 0.717) is 24.0 Å². The summed E-state index contributed by atoms with van der Waals surface area (Å²) in [5.41, 5.74) is 1.24. The van der Waals surface area contributed by atoms with Gasteiger partial charge in [-0.05, 0) is 84.4 Å². The molecule has 4 fully saturated rings. The van der Waals surface area contributed by atoms with E-state index in [2.05, 4.69) is 47.6 Å². The van der Waals surface area contributed by atoms with E-state index in [1.807, 2.05) is 6.92 Å². The molecular formula is C30H46O3. The maximum atomic E-state index is 13.4. The highest BCUT2D eigenvalue weighted by Gasteiger charge is 2.69. The van der Waals surface area contributed by atoms with Gasteiger partial charge in [0.1, 0.15) is 11.6 Å². The van der Waals surface area contributed by atoms with Gasteiger partial charge in [-0.2, -0.15) is 0 Å². The molecular weight excluding hydrogens is 408 g/mol. The predicted octanol–water partition coefficient (Wildman–Crippen LogP) is 6.53. The third kappa shape index (κ3) is 2.78. The van der Waals surface area contributed by atoms with Crippen LogP contribution in [-0.4, -0.2) is 23.3 Å². The van der Waals surface area contributed by atoms with Gasteiger partial charge in [-0.15, -0.1) is 0 Å². The molecule has 0 unspecified atom stereocenters. The molecule has 0 aromatic rings. The van der Waals surface area contributed by atoms with Crippen molar-refractivity contribution in [1.29, 1.82) is 0 Å². The van der Waals surface area contributed by atoms with Crippen LogP contribution in [0.4, 0.5) is 0 Å². The fourth-order valence-corrected chi connectivity index (χ4v) is 10.3. The molecule has 0 aromatic heterocycles. The fourth-order valence-electron chi connectivity index (χ4n) is 10.3. The first-order valence-corrected chi connectivity index (χ1v) is 13.6. The number of aliphatic hydroxyl groups excluding tert-OH is 1. The molecule has 5 rings (SSSR count). The zero-order chi connectivity index (χ0) is 24.2. The summed E-state index contributed by atoms with van der Waals surface area (Å²) in [4.78, 5) is 26.4. The third-order valence-corrected chi connectivity index (χ3v) is 12.7. The van der Waals surface area contributed by atoms with Crippen molar-refractivity contribution in [3.63, 3.8) is 0 Å².